The summed E-state index contributed by atoms with van der Waals surface area (Å²) in [5.74, 6) is 1.08. The normalized spacial score (nSPS) is 15.8. The predicted molar refractivity (Wildman–Crippen MR) is 148 cm³/mol. The van der Waals surface area contributed by atoms with Gasteiger partial charge in [0.15, 0.2) is 0 Å². The van der Waals surface area contributed by atoms with Crippen LogP contribution in [0.3, 0.4) is 0 Å². The zero-order valence-electron chi connectivity index (χ0n) is 21.3. The van der Waals surface area contributed by atoms with Crippen molar-refractivity contribution in [2.24, 2.45) is 5.41 Å². The average molecular weight is 506 g/mol. The third-order valence-electron chi connectivity index (χ3n) is 7.49. The molecular formula is C32H31N3O3. The van der Waals surface area contributed by atoms with Crippen LogP contribution in [0.25, 0.3) is 11.1 Å². The minimum absolute atomic E-state index is 0.261. The van der Waals surface area contributed by atoms with E-state index in [9.17, 15) is 4.79 Å². The van der Waals surface area contributed by atoms with Gasteiger partial charge in [0, 0.05) is 48.9 Å². The molecule has 6 heteroatoms. The number of anilines is 1. The van der Waals surface area contributed by atoms with E-state index < -0.39 is 0 Å². The van der Waals surface area contributed by atoms with Crippen LogP contribution in [-0.2, 0) is 18.0 Å². The fourth-order valence-corrected chi connectivity index (χ4v) is 5.45. The van der Waals surface area contributed by atoms with Gasteiger partial charge in [-0.1, -0.05) is 72.8 Å². The summed E-state index contributed by atoms with van der Waals surface area (Å²) in [5.41, 5.74) is 5.61. The Balaban J connectivity index is 1.20. The van der Waals surface area contributed by atoms with Crippen molar-refractivity contribution >= 4 is 12.1 Å². The average Bonchev–Trinajstić information content (AvgIpc) is 3.41. The molecule has 1 amide bonds. The number of carbonyl (C=O) groups excluding carboxylic acids is 1. The molecule has 0 unspecified atom stereocenters. The van der Waals surface area contributed by atoms with Crippen LogP contribution in [0.2, 0.25) is 0 Å². The van der Waals surface area contributed by atoms with Crippen LogP contribution in [0.15, 0.2) is 97.1 Å². The maximum Gasteiger partial charge on any atom is 0.225 e. The van der Waals surface area contributed by atoms with Gasteiger partial charge in [0.05, 0.1) is 0 Å². The number of amides is 1. The molecule has 3 aromatic carbocycles. The molecular weight excluding hydrogens is 474 g/mol. The number of benzene rings is 3. The monoisotopic (exact) mass is 505 g/mol. The number of pyridine rings is 1. The molecule has 2 aliphatic heterocycles. The van der Waals surface area contributed by atoms with Gasteiger partial charge in [0.1, 0.15) is 13.2 Å². The number of rotatable bonds is 9. The highest BCUT2D eigenvalue weighted by atomic mass is 16.5. The van der Waals surface area contributed by atoms with Crippen LogP contribution in [0.4, 0.5) is 5.69 Å². The molecule has 0 saturated carbocycles. The summed E-state index contributed by atoms with van der Waals surface area (Å²) in [4.78, 5) is 20.1. The molecule has 2 saturated heterocycles. The van der Waals surface area contributed by atoms with Crippen molar-refractivity contribution in [3.8, 4) is 22.9 Å². The third kappa shape index (κ3) is 5.21. The number of ether oxygens (including phenoxy) is 2. The van der Waals surface area contributed by atoms with Crippen LogP contribution >= 0.6 is 0 Å². The first-order valence-electron chi connectivity index (χ1n) is 13.1. The minimum atomic E-state index is 0.261. The number of hydrogen-bond donors (Lipinski definition) is 0. The molecule has 0 N–H and O–H groups in total. The highest BCUT2D eigenvalue weighted by molar-refractivity contribution is 5.71. The molecule has 38 heavy (non-hydrogen) atoms. The second-order valence-electron chi connectivity index (χ2n) is 10.3. The zero-order chi connectivity index (χ0) is 25.8. The van der Waals surface area contributed by atoms with Crippen molar-refractivity contribution in [1.29, 1.82) is 0 Å². The Kier molecular flexibility index (Phi) is 6.69. The largest absolute Gasteiger partial charge is 0.473 e. The molecule has 2 aliphatic rings. The van der Waals surface area contributed by atoms with Gasteiger partial charge in [0.25, 0.3) is 0 Å². The first-order valence-corrected chi connectivity index (χ1v) is 13.1. The van der Waals surface area contributed by atoms with Crippen molar-refractivity contribution in [2.45, 2.75) is 19.6 Å². The topological polar surface area (TPSA) is 54.9 Å². The van der Waals surface area contributed by atoms with E-state index in [1.165, 1.54) is 5.69 Å². The van der Waals surface area contributed by atoms with Gasteiger partial charge in [0.2, 0.25) is 18.2 Å². The molecule has 192 valence electrons. The van der Waals surface area contributed by atoms with E-state index >= 15 is 0 Å². The van der Waals surface area contributed by atoms with Gasteiger partial charge in [-0.3, -0.25) is 4.79 Å². The number of aromatic nitrogens is 1. The SMILES string of the molecule is O=CN1CC2(CCN(c3ccc(-c4ccc(OCc5ccccc5)nc4OCc4ccccc4)cc3)C2)C1. The standard InChI is InChI=1S/C32H31N3O3/c36-24-34-21-32(22-34)17-18-35(23-32)28-13-11-27(12-14-28)29-15-16-30(37-19-25-7-3-1-4-8-25)33-31(29)38-20-26-9-5-2-6-10-26/h1-16,24H,17-23H2. The first-order chi connectivity index (χ1) is 18.7. The van der Waals surface area contributed by atoms with Gasteiger partial charge < -0.3 is 19.3 Å². The molecule has 1 aromatic heterocycles. The summed E-state index contributed by atoms with van der Waals surface area (Å²) in [5, 5.41) is 0. The summed E-state index contributed by atoms with van der Waals surface area (Å²) in [6.07, 6.45) is 2.09. The lowest BCUT2D eigenvalue weighted by Crippen LogP contribution is -2.56. The van der Waals surface area contributed by atoms with E-state index in [4.69, 9.17) is 14.5 Å². The molecule has 0 aliphatic carbocycles. The number of hydrogen-bond acceptors (Lipinski definition) is 5. The summed E-state index contributed by atoms with van der Waals surface area (Å²) in [6, 6.07) is 32.7. The molecule has 1 spiro atoms. The second kappa shape index (κ2) is 10.6. The Hall–Kier alpha value is -4.32. The van der Waals surface area contributed by atoms with E-state index in [2.05, 4.69) is 29.2 Å². The van der Waals surface area contributed by atoms with Crippen molar-refractivity contribution < 1.29 is 14.3 Å². The highest BCUT2D eigenvalue weighted by Crippen LogP contribution is 2.41. The Labute approximate surface area is 223 Å². The fraction of sp³-hybridized carbons (Fsp3) is 0.250. The minimum Gasteiger partial charge on any atom is -0.473 e. The molecule has 3 heterocycles. The lowest BCUT2D eigenvalue weighted by atomic mass is 9.79. The highest BCUT2D eigenvalue weighted by Gasteiger charge is 2.47. The van der Waals surface area contributed by atoms with Crippen molar-refractivity contribution in [3.63, 3.8) is 0 Å². The van der Waals surface area contributed by atoms with Crippen molar-refractivity contribution in [3.05, 3.63) is 108 Å². The smallest absolute Gasteiger partial charge is 0.225 e. The Morgan fingerprint density at radius 2 is 1.42 bits per heavy atom. The van der Waals surface area contributed by atoms with Crippen LogP contribution in [0.1, 0.15) is 17.5 Å². The molecule has 0 radical (unpaired) electrons. The van der Waals surface area contributed by atoms with Crippen LogP contribution in [0.5, 0.6) is 11.8 Å². The quantitative estimate of drug-likeness (QED) is 0.278. The third-order valence-corrected chi connectivity index (χ3v) is 7.49. The fourth-order valence-electron chi connectivity index (χ4n) is 5.45. The maximum atomic E-state index is 11.0. The predicted octanol–water partition coefficient (Wildman–Crippen LogP) is 5.58. The first kappa shape index (κ1) is 24.0. The second-order valence-corrected chi connectivity index (χ2v) is 10.3. The molecule has 0 bridgehead atoms. The Morgan fingerprint density at radius 3 is 2.08 bits per heavy atom. The van der Waals surface area contributed by atoms with E-state index in [0.717, 1.165) is 61.3 Å². The lowest BCUT2D eigenvalue weighted by Gasteiger charge is -2.46. The maximum absolute atomic E-state index is 11.0. The Bertz CT molecular complexity index is 1370. The van der Waals surface area contributed by atoms with Crippen molar-refractivity contribution in [1.82, 2.24) is 9.88 Å². The summed E-state index contributed by atoms with van der Waals surface area (Å²) in [7, 11) is 0. The number of nitrogens with zero attached hydrogens (tertiary/aromatic N) is 3. The molecule has 4 aromatic rings. The summed E-state index contributed by atoms with van der Waals surface area (Å²) < 4.78 is 12.2. The molecule has 6 rings (SSSR count). The Morgan fingerprint density at radius 1 is 0.763 bits per heavy atom. The summed E-state index contributed by atoms with van der Waals surface area (Å²) >= 11 is 0. The van der Waals surface area contributed by atoms with Gasteiger partial charge in [-0.25, -0.2) is 0 Å². The molecule has 6 nitrogen and oxygen atoms in total. The van der Waals surface area contributed by atoms with E-state index in [-0.39, 0.29) is 5.41 Å². The van der Waals surface area contributed by atoms with E-state index in [1.54, 1.807) is 0 Å². The van der Waals surface area contributed by atoms with Crippen LogP contribution in [-0.4, -0.2) is 42.5 Å². The van der Waals surface area contributed by atoms with Crippen LogP contribution in [0, 0.1) is 5.41 Å². The van der Waals surface area contributed by atoms with Gasteiger partial charge in [-0.05, 0) is 41.3 Å². The number of likely N-dealkylation sites (tertiary alicyclic amines) is 1. The van der Waals surface area contributed by atoms with E-state index in [0.29, 0.717) is 25.0 Å². The van der Waals surface area contributed by atoms with Crippen LogP contribution < -0.4 is 14.4 Å². The lowest BCUT2D eigenvalue weighted by molar-refractivity contribution is -0.128. The molecule has 2 fully saturated rings. The van der Waals surface area contributed by atoms with E-state index in [1.807, 2.05) is 77.7 Å². The van der Waals surface area contributed by atoms with Gasteiger partial charge >= 0.3 is 0 Å². The van der Waals surface area contributed by atoms with Gasteiger partial charge in [-0.15, -0.1) is 0 Å². The zero-order valence-corrected chi connectivity index (χ0v) is 21.3. The van der Waals surface area contributed by atoms with Gasteiger partial charge in [-0.2, -0.15) is 4.98 Å². The van der Waals surface area contributed by atoms with Crippen molar-refractivity contribution in [2.75, 3.05) is 31.1 Å². The molecule has 0 atom stereocenters. The number of carbonyl (C=O) groups is 1. The summed E-state index contributed by atoms with van der Waals surface area (Å²) in [6.45, 7) is 4.63.